The van der Waals surface area contributed by atoms with Crippen LogP contribution in [0.1, 0.15) is 32.6 Å². The lowest BCUT2D eigenvalue weighted by molar-refractivity contribution is -0.117. The molecule has 2 fully saturated rings. The first-order valence-electron chi connectivity index (χ1n) is 9.29. The zero-order valence-electron chi connectivity index (χ0n) is 14.9. The Morgan fingerprint density at radius 1 is 1.36 bits per heavy atom. The minimum Gasteiger partial charge on any atom is -0.338 e. The third-order valence-electron chi connectivity index (χ3n) is 5.17. The first kappa shape index (κ1) is 17.7. The molecule has 2 unspecified atom stereocenters. The van der Waals surface area contributed by atoms with Crippen molar-refractivity contribution >= 4 is 23.3 Å². The number of anilines is 2. The van der Waals surface area contributed by atoms with Gasteiger partial charge < -0.3 is 16.0 Å². The topological polar surface area (TPSA) is 73.5 Å². The summed E-state index contributed by atoms with van der Waals surface area (Å²) in [7, 11) is 0. The first-order valence-corrected chi connectivity index (χ1v) is 9.29. The maximum atomic E-state index is 12.4. The van der Waals surface area contributed by atoms with Gasteiger partial charge in [0, 0.05) is 30.9 Å². The highest BCUT2D eigenvalue weighted by molar-refractivity contribution is 5.95. The van der Waals surface area contributed by atoms with Gasteiger partial charge >= 0.3 is 6.03 Å². The number of hydrogen-bond acceptors (Lipinski definition) is 3. The molecule has 0 radical (unpaired) electrons. The van der Waals surface area contributed by atoms with E-state index in [9.17, 15) is 9.59 Å². The van der Waals surface area contributed by atoms with Crippen LogP contribution in [0.3, 0.4) is 0 Å². The van der Waals surface area contributed by atoms with Gasteiger partial charge in [0.2, 0.25) is 5.91 Å². The SMILES string of the molecule is CC(CC(=O)Nc1cccc(N2CCCNC2=O)c1)C1CCCNC1. The van der Waals surface area contributed by atoms with E-state index >= 15 is 0 Å². The highest BCUT2D eigenvalue weighted by Crippen LogP contribution is 2.24. The van der Waals surface area contributed by atoms with Gasteiger partial charge in [0.05, 0.1) is 0 Å². The summed E-state index contributed by atoms with van der Waals surface area (Å²) in [5.74, 6) is 0.977. The van der Waals surface area contributed by atoms with E-state index in [0.717, 1.165) is 37.4 Å². The highest BCUT2D eigenvalue weighted by atomic mass is 16.2. The molecule has 6 nitrogen and oxygen atoms in total. The second-order valence-corrected chi connectivity index (χ2v) is 7.12. The van der Waals surface area contributed by atoms with Crippen molar-refractivity contribution in [2.75, 3.05) is 36.4 Å². The fraction of sp³-hybridized carbons (Fsp3) is 0.579. The van der Waals surface area contributed by atoms with Gasteiger partial charge in [0.25, 0.3) is 0 Å². The van der Waals surface area contributed by atoms with Crippen LogP contribution >= 0.6 is 0 Å². The van der Waals surface area contributed by atoms with E-state index < -0.39 is 0 Å². The number of hydrogen-bond donors (Lipinski definition) is 3. The molecule has 0 spiro atoms. The maximum absolute atomic E-state index is 12.4. The van der Waals surface area contributed by atoms with Crippen molar-refractivity contribution in [1.29, 1.82) is 0 Å². The summed E-state index contributed by atoms with van der Waals surface area (Å²) in [6.07, 6.45) is 3.84. The Bertz CT molecular complexity index is 613. The molecule has 3 rings (SSSR count). The molecule has 1 aromatic carbocycles. The second kappa shape index (κ2) is 8.34. The molecule has 3 N–H and O–H groups in total. The number of nitrogens with one attached hydrogen (secondary N) is 3. The average Bonchev–Trinajstić information content (AvgIpc) is 2.63. The average molecular weight is 344 g/mol. The minimum atomic E-state index is -0.0758. The molecular formula is C19H28N4O2. The van der Waals surface area contributed by atoms with Gasteiger partial charge in [-0.15, -0.1) is 0 Å². The molecule has 0 aromatic heterocycles. The van der Waals surface area contributed by atoms with Gasteiger partial charge in [0.15, 0.2) is 0 Å². The normalized spacial score (nSPS) is 22.2. The Labute approximate surface area is 149 Å². The largest absolute Gasteiger partial charge is 0.338 e. The molecule has 0 bridgehead atoms. The Balaban J connectivity index is 1.57. The molecule has 6 heteroatoms. The Hall–Kier alpha value is -2.08. The monoisotopic (exact) mass is 344 g/mol. The zero-order valence-corrected chi connectivity index (χ0v) is 14.9. The molecular weight excluding hydrogens is 316 g/mol. The molecule has 2 heterocycles. The van der Waals surface area contributed by atoms with Gasteiger partial charge in [-0.25, -0.2) is 4.79 Å². The van der Waals surface area contributed by atoms with Gasteiger partial charge in [-0.3, -0.25) is 9.69 Å². The van der Waals surface area contributed by atoms with Crippen LogP contribution in [0.5, 0.6) is 0 Å². The summed E-state index contributed by atoms with van der Waals surface area (Å²) in [5.41, 5.74) is 1.56. The van der Waals surface area contributed by atoms with Crippen LogP contribution in [0.2, 0.25) is 0 Å². The fourth-order valence-corrected chi connectivity index (χ4v) is 3.66. The number of rotatable bonds is 5. The smallest absolute Gasteiger partial charge is 0.321 e. The van der Waals surface area contributed by atoms with Gasteiger partial charge in [-0.1, -0.05) is 13.0 Å². The number of benzene rings is 1. The molecule has 0 saturated carbocycles. The Kier molecular flexibility index (Phi) is 5.91. The lowest BCUT2D eigenvalue weighted by atomic mass is 9.85. The van der Waals surface area contributed by atoms with Gasteiger partial charge in [-0.2, -0.15) is 0 Å². The summed E-state index contributed by atoms with van der Waals surface area (Å²) in [6, 6.07) is 7.44. The Morgan fingerprint density at radius 2 is 2.24 bits per heavy atom. The van der Waals surface area contributed by atoms with Crippen LogP contribution in [0.15, 0.2) is 24.3 Å². The predicted molar refractivity (Wildman–Crippen MR) is 99.8 cm³/mol. The van der Waals surface area contributed by atoms with Crippen LogP contribution in [-0.4, -0.2) is 38.1 Å². The van der Waals surface area contributed by atoms with Crippen molar-refractivity contribution in [3.63, 3.8) is 0 Å². The van der Waals surface area contributed by atoms with Crippen molar-refractivity contribution in [3.8, 4) is 0 Å². The van der Waals surface area contributed by atoms with Crippen LogP contribution in [-0.2, 0) is 4.79 Å². The zero-order chi connectivity index (χ0) is 17.6. The summed E-state index contributed by atoms with van der Waals surface area (Å²) in [6.45, 7) is 5.68. The van der Waals surface area contributed by atoms with Crippen molar-refractivity contribution in [3.05, 3.63) is 24.3 Å². The standard InChI is InChI=1S/C19H28N4O2/c1-14(15-5-3-8-20-13-15)11-18(24)22-16-6-2-7-17(12-16)23-10-4-9-21-19(23)25/h2,6-7,12,14-15,20H,3-5,8-11,13H2,1H3,(H,21,25)(H,22,24). The maximum Gasteiger partial charge on any atom is 0.321 e. The summed E-state index contributed by atoms with van der Waals surface area (Å²) >= 11 is 0. The third-order valence-corrected chi connectivity index (χ3v) is 5.17. The van der Waals surface area contributed by atoms with Crippen molar-refractivity contribution in [2.24, 2.45) is 11.8 Å². The molecule has 2 aliphatic rings. The minimum absolute atomic E-state index is 0.0401. The van der Waals surface area contributed by atoms with E-state index in [2.05, 4.69) is 22.9 Å². The van der Waals surface area contributed by atoms with Crippen LogP contribution < -0.4 is 20.9 Å². The quantitative estimate of drug-likeness (QED) is 0.769. The summed E-state index contributed by atoms with van der Waals surface area (Å²) in [4.78, 5) is 26.1. The van der Waals surface area contributed by atoms with Gasteiger partial charge in [-0.05, 0) is 62.4 Å². The fourth-order valence-electron chi connectivity index (χ4n) is 3.66. The molecule has 2 saturated heterocycles. The van der Waals surface area contributed by atoms with E-state index in [4.69, 9.17) is 0 Å². The van der Waals surface area contributed by atoms with Gasteiger partial charge in [0.1, 0.15) is 0 Å². The van der Waals surface area contributed by atoms with Crippen LogP contribution in [0.25, 0.3) is 0 Å². The van der Waals surface area contributed by atoms with E-state index in [1.165, 1.54) is 12.8 Å². The second-order valence-electron chi connectivity index (χ2n) is 7.12. The number of nitrogens with zero attached hydrogens (tertiary/aromatic N) is 1. The number of carbonyl (C=O) groups excluding carboxylic acids is 2. The molecule has 136 valence electrons. The van der Waals surface area contributed by atoms with E-state index in [-0.39, 0.29) is 11.9 Å². The molecule has 2 aliphatic heterocycles. The number of urea groups is 1. The molecule has 0 aliphatic carbocycles. The highest BCUT2D eigenvalue weighted by Gasteiger charge is 2.22. The van der Waals surface area contributed by atoms with Crippen molar-refractivity contribution < 1.29 is 9.59 Å². The third kappa shape index (κ3) is 4.72. The predicted octanol–water partition coefficient (Wildman–Crippen LogP) is 2.57. The number of piperidine rings is 1. The van der Waals surface area contributed by atoms with Crippen LogP contribution in [0.4, 0.5) is 16.2 Å². The molecule has 1 aromatic rings. The number of carbonyl (C=O) groups is 2. The van der Waals surface area contributed by atoms with E-state index in [1.54, 1.807) is 4.90 Å². The first-order chi connectivity index (χ1) is 12.1. The van der Waals surface area contributed by atoms with Crippen LogP contribution in [0, 0.1) is 11.8 Å². The number of amides is 3. The van der Waals surface area contributed by atoms with Crippen molar-refractivity contribution in [2.45, 2.75) is 32.6 Å². The van der Waals surface area contributed by atoms with E-state index in [0.29, 0.717) is 24.8 Å². The van der Waals surface area contributed by atoms with Crippen molar-refractivity contribution in [1.82, 2.24) is 10.6 Å². The lowest BCUT2D eigenvalue weighted by Crippen LogP contribution is -2.46. The summed E-state index contributed by atoms with van der Waals surface area (Å²) in [5, 5.41) is 9.25. The molecule has 2 atom stereocenters. The molecule has 25 heavy (non-hydrogen) atoms. The Morgan fingerprint density at radius 3 is 3.00 bits per heavy atom. The lowest BCUT2D eigenvalue weighted by Gasteiger charge is -2.28. The molecule has 3 amide bonds. The summed E-state index contributed by atoms with van der Waals surface area (Å²) < 4.78 is 0. The van der Waals surface area contributed by atoms with E-state index in [1.807, 2.05) is 24.3 Å².